The lowest BCUT2D eigenvalue weighted by Gasteiger charge is -2.08. The number of alkyl halides is 3. The lowest BCUT2D eigenvalue weighted by molar-refractivity contribution is -0.137. The fourth-order valence-corrected chi connectivity index (χ4v) is 3.40. The van der Waals surface area contributed by atoms with Gasteiger partial charge in [-0.15, -0.1) is 0 Å². The van der Waals surface area contributed by atoms with E-state index in [2.05, 4.69) is 5.10 Å². The monoisotopic (exact) mass is 421 g/mol. The number of benzene rings is 3. The number of halogens is 3. The van der Waals surface area contributed by atoms with E-state index < -0.39 is 17.6 Å². The van der Waals surface area contributed by atoms with Crippen molar-refractivity contribution in [3.63, 3.8) is 0 Å². The molecule has 4 nitrogen and oxygen atoms in total. The summed E-state index contributed by atoms with van der Waals surface area (Å²) >= 11 is 0. The van der Waals surface area contributed by atoms with Gasteiger partial charge in [0.1, 0.15) is 0 Å². The van der Waals surface area contributed by atoms with Crippen LogP contribution in [0.2, 0.25) is 0 Å². The van der Waals surface area contributed by atoms with E-state index in [1.54, 1.807) is 6.20 Å². The van der Waals surface area contributed by atoms with Crippen molar-refractivity contribution in [3.05, 3.63) is 96.2 Å². The molecule has 0 aliphatic heterocycles. The molecule has 0 radical (unpaired) electrons. The Kier molecular flexibility index (Phi) is 5.33. The zero-order valence-electron chi connectivity index (χ0n) is 16.3. The van der Waals surface area contributed by atoms with Crippen molar-refractivity contribution in [3.8, 4) is 28.1 Å². The molecule has 31 heavy (non-hydrogen) atoms. The summed E-state index contributed by atoms with van der Waals surface area (Å²) in [6, 6.07) is 22.2. The van der Waals surface area contributed by atoms with Gasteiger partial charge in [0.05, 0.1) is 23.4 Å². The van der Waals surface area contributed by atoms with E-state index >= 15 is 0 Å². The van der Waals surface area contributed by atoms with Crippen LogP contribution in [0.1, 0.15) is 11.1 Å². The number of amides is 1. The largest absolute Gasteiger partial charge is 0.416 e. The van der Waals surface area contributed by atoms with E-state index in [9.17, 15) is 18.0 Å². The lowest BCUT2D eigenvalue weighted by Crippen LogP contribution is -2.13. The summed E-state index contributed by atoms with van der Waals surface area (Å²) < 4.78 is 40.7. The Morgan fingerprint density at radius 1 is 0.871 bits per heavy atom. The Hall–Kier alpha value is -3.87. The van der Waals surface area contributed by atoms with Crippen LogP contribution in [0.3, 0.4) is 0 Å². The molecule has 0 atom stereocenters. The number of carbonyl (C=O) groups excluding carboxylic acids is 1. The zero-order valence-corrected chi connectivity index (χ0v) is 16.3. The average molecular weight is 421 g/mol. The third-order valence-electron chi connectivity index (χ3n) is 4.84. The predicted molar refractivity (Wildman–Crippen MR) is 112 cm³/mol. The van der Waals surface area contributed by atoms with Crippen molar-refractivity contribution in [2.75, 3.05) is 0 Å². The molecule has 0 bridgehead atoms. The molecule has 2 N–H and O–H groups in total. The van der Waals surface area contributed by atoms with E-state index in [-0.39, 0.29) is 12.1 Å². The molecule has 0 fully saturated rings. The SMILES string of the molecule is NC(=O)Cc1cn(-c2cccc(C(F)(F)F)c2)nc1-c1cccc(-c2ccccc2)c1. The summed E-state index contributed by atoms with van der Waals surface area (Å²) in [5, 5.41) is 4.50. The van der Waals surface area contributed by atoms with E-state index in [0.717, 1.165) is 28.8 Å². The summed E-state index contributed by atoms with van der Waals surface area (Å²) in [5.41, 5.74) is 8.60. The van der Waals surface area contributed by atoms with Crippen LogP contribution >= 0.6 is 0 Å². The molecule has 4 rings (SSSR count). The second kappa shape index (κ2) is 8.10. The molecule has 3 aromatic carbocycles. The van der Waals surface area contributed by atoms with Crippen LogP contribution < -0.4 is 5.73 Å². The Labute approximate surface area is 176 Å². The number of hydrogen-bond donors (Lipinski definition) is 1. The number of rotatable bonds is 5. The van der Waals surface area contributed by atoms with Crippen molar-refractivity contribution in [2.45, 2.75) is 12.6 Å². The smallest absolute Gasteiger partial charge is 0.369 e. The highest BCUT2D eigenvalue weighted by Crippen LogP contribution is 2.32. The van der Waals surface area contributed by atoms with Crippen LogP contribution in [0, 0.1) is 0 Å². The van der Waals surface area contributed by atoms with Gasteiger partial charge in [-0.1, -0.05) is 54.6 Å². The summed E-state index contributed by atoms with van der Waals surface area (Å²) in [7, 11) is 0. The highest BCUT2D eigenvalue weighted by Gasteiger charge is 2.30. The Bertz CT molecular complexity index is 1230. The van der Waals surface area contributed by atoms with Gasteiger partial charge in [-0.25, -0.2) is 4.68 Å². The first kappa shape index (κ1) is 20.4. The zero-order chi connectivity index (χ0) is 22.0. The molecule has 1 aromatic heterocycles. The highest BCUT2D eigenvalue weighted by atomic mass is 19.4. The van der Waals surface area contributed by atoms with Crippen LogP contribution in [0.5, 0.6) is 0 Å². The van der Waals surface area contributed by atoms with E-state index in [0.29, 0.717) is 11.3 Å². The second-order valence-corrected chi connectivity index (χ2v) is 7.09. The van der Waals surface area contributed by atoms with Gasteiger partial charge in [0, 0.05) is 17.3 Å². The minimum absolute atomic E-state index is 0.0795. The van der Waals surface area contributed by atoms with Crippen molar-refractivity contribution in [1.82, 2.24) is 9.78 Å². The van der Waals surface area contributed by atoms with Crippen LogP contribution in [-0.2, 0) is 17.4 Å². The lowest BCUT2D eigenvalue weighted by atomic mass is 9.99. The summed E-state index contributed by atoms with van der Waals surface area (Å²) in [6.07, 6.45) is -3.00. The quantitative estimate of drug-likeness (QED) is 0.478. The number of nitrogens with zero attached hydrogens (tertiary/aromatic N) is 2. The number of nitrogens with two attached hydrogens (primary N) is 1. The summed E-state index contributed by atoms with van der Waals surface area (Å²) in [6.45, 7) is 0. The maximum atomic E-state index is 13.1. The van der Waals surface area contributed by atoms with Gasteiger partial charge in [0.25, 0.3) is 0 Å². The number of hydrogen-bond acceptors (Lipinski definition) is 2. The highest BCUT2D eigenvalue weighted by molar-refractivity contribution is 5.80. The summed E-state index contributed by atoms with van der Waals surface area (Å²) in [4.78, 5) is 11.6. The number of aromatic nitrogens is 2. The molecule has 1 amide bonds. The number of carbonyl (C=O) groups is 1. The maximum Gasteiger partial charge on any atom is 0.416 e. The molecule has 0 saturated carbocycles. The molecule has 0 spiro atoms. The molecule has 0 unspecified atom stereocenters. The first-order chi connectivity index (χ1) is 14.8. The van der Waals surface area contributed by atoms with Crippen LogP contribution in [0.15, 0.2) is 85.1 Å². The van der Waals surface area contributed by atoms with E-state index in [1.165, 1.54) is 16.8 Å². The molecule has 4 aromatic rings. The van der Waals surface area contributed by atoms with Gasteiger partial charge in [-0.05, 0) is 35.4 Å². The minimum Gasteiger partial charge on any atom is -0.369 e. The minimum atomic E-state index is -4.47. The van der Waals surface area contributed by atoms with Crippen molar-refractivity contribution in [2.24, 2.45) is 5.73 Å². The first-order valence-electron chi connectivity index (χ1n) is 9.51. The van der Waals surface area contributed by atoms with Crippen molar-refractivity contribution in [1.29, 1.82) is 0 Å². The number of primary amides is 1. The van der Waals surface area contributed by atoms with Gasteiger partial charge in [0.2, 0.25) is 5.91 Å². The molecular formula is C24H18F3N3O. The molecule has 156 valence electrons. The molecule has 7 heteroatoms. The van der Waals surface area contributed by atoms with E-state index in [4.69, 9.17) is 5.73 Å². The normalized spacial score (nSPS) is 11.5. The van der Waals surface area contributed by atoms with Crippen LogP contribution in [0.25, 0.3) is 28.1 Å². The van der Waals surface area contributed by atoms with Crippen LogP contribution in [-0.4, -0.2) is 15.7 Å². The fourth-order valence-electron chi connectivity index (χ4n) is 3.40. The molecule has 1 heterocycles. The standard InChI is InChI=1S/C24H18F3N3O/c25-24(26,27)20-10-5-11-21(14-20)30-15-19(13-22(28)31)23(29-30)18-9-4-8-17(12-18)16-6-2-1-3-7-16/h1-12,14-15H,13H2,(H2,28,31). The van der Waals surface area contributed by atoms with Gasteiger partial charge >= 0.3 is 6.18 Å². The molecule has 0 saturated heterocycles. The fraction of sp³-hybridized carbons (Fsp3) is 0.0833. The molecule has 0 aliphatic carbocycles. The Morgan fingerprint density at radius 3 is 2.26 bits per heavy atom. The third kappa shape index (κ3) is 4.50. The Balaban J connectivity index is 1.80. The first-order valence-corrected chi connectivity index (χ1v) is 9.51. The van der Waals surface area contributed by atoms with Crippen LogP contribution in [0.4, 0.5) is 13.2 Å². The molecular weight excluding hydrogens is 403 g/mol. The second-order valence-electron chi connectivity index (χ2n) is 7.09. The van der Waals surface area contributed by atoms with Crippen molar-refractivity contribution < 1.29 is 18.0 Å². The van der Waals surface area contributed by atoms with Gasteiger partial charge < -0.3 is 5.73 Å². The maximum absolute atomic E-state index is 13.1. The topological polar surface area (TPSA) is 60.9 Å². The predicted octanol–water partition coefficient (Wildman–Crippen LogP) is 5.25. The summed E-state index contributed by atoms with van der Waals surface area (Å²) in [5.74, 6) is -0.552. The van der Waals surface area contributed by atoms with Gasteiger partial charge in [0.15, 0.2) is 0 Å². The van der Waals surface area contributed by atoms with Crippen molar-refractivity contribution >= 4 is 5.91 Å². The third-order valence-corrected chi connectivity index (χ3v) is 4.84. The van der Waals surface area contributed by atoms with Gasteiger partial charge in [-0.3, -0.25) is 4.79 Å². The van der Waals surface area contributed by atoms with E-state index in [1.807, 2.05) is 54.6 Å². The Morgan fingerprint density at radius 2 is 1.55 bits per heavy atom. The molecule has 0 aliphatic rings. The average Bonchev–Trinajstić information content (AvgIpc) is 3.17. The van der Waals surface area contributed by atoms with Gasteiger partial charge in [-0.2, -0.15) is 18.3 Å².